The lowest BCUT2D eigenvalue weighted by atomic mass is 9.99. The van der Waals surface area contributed by atoms with Gasteiger partial charge in [-0.05, 0) is 36.5 Å². The number of aliphatic hydroxyl groups is 1. The molecular weight excluding hydrogens is 190 g/mol. The molecule has 1 aliphatic carbocycles. The molecule has 2 atom stereocenters. The third kappa shape index (κ3) is 2.30. The van der Waals surface area contributed by atoms with Crippen LogP contribution >= 0.6 is 0 Å². The Labute approximate surface area is 89.9 Å². The summed E-state index contributed by atoms with van der Waals surface area (Å²) in [5.41, 5.74) is 6.94. The van der Waals surface area contributed by atoms with Gasteiger partial charge in [0.1, 0.15) is 5.75 Å². The normalized spacial score (nSPS) is 19.7. The first-order valence-electron chi connectivity index (χ1n) is 5.30. The van der Waals surface area contributed by atoms with E-state index in [1.54, 1.807) is 7.11 Å². The van der Waals surface area contributed by atoms with Gasteiger partial charge in [-0.15, -0.1) is 0 Å². The van der Waals surface area contributed by atoms with E-state index in [1.165, 1.54) is 0 Å². The highest BCUT2D eigenvalue weighted by Gasteiger charge is 2.34. The molecule has 0 bridgehead atoms. The maximum absolute atomic E-state index is 9.91. The molecule has 1 aromatic carbocycles. The monoisotopic (exact) mass is 207 g/mol. The van der Waals surface area contributed by atoms with Crippen molar-refractivity contribution in [1.82, 2.24) is 0 Å². The highest BCUT2D eigenvalue weighted by Crippen LogP contribution is 2.37. The Balaban J connectivity index is 2.12. The molecule has 3 N–H and O–H groups in total. The van der Waals surface area contributed by atoms with Gasteiger partial charge in [-0.3, -0.25) is 0 Å². The summed E-state index contributed by atoms with van der Waals surface area (Å²) in [5.74, 6) is 1.18. The lowest BCUT2D eigenvalue weighted by Crippen LogP contribution is -2.27. The van der Waals surface area contributed by atoms with Crippen LogP contribution in [0.15, 0.2) is 24.3 Å². The Kier molecular flexibility index (Phi) is 2.93. The molecule has 82 valence electrons. The van der Waals surface area contributed by atoms with Crippen molar-refractivity contribution in [3.05, 3.63) is 29.8 Å². The number of hydrogen-bond donors (Lipinski definition) is 2. The molecule has 0 aromatic heterocycles. The second-order valence-electron chi connectivity index (χ2n) is 4.13. The second-order valence-corrected chi connectivity index (χ2v) is 4.13. The van der Waals surface area contributed by atoms with Crippen molar-refractivity contribution in [2.24, 2.45) is 11.7 Å². The third-order valence-electron chi connectivity index (χ3n) is 2.95. The Morgan fingerprint density at radius 1 is 1.47 bits per heavy atom. The lowest BCUT2D eigenvalue weighted by Gasteiger charge is -2.19. The molecule has 1 aliphatic rings. The van der Waals surface area contributed by atoms with E-state index >= 15 is 0 Å². The largest absolute Gasteiger partial charge is 0.497 e. The van der Waals surface area contributed by atoms with E-state index in [1.807, 2.05) is 24.3 Å². The molecule has 0 spiro atoms. The van der Waals surface area contributed by atoms with Crippen molar-refractivity contribution in [3.8, 4) is 5.75 Å². The number of methoxy groups -OCH3 is 1. The smallest absolute Gasteiger partial charge is 0.119 e. The van der Waals surface area contributed by atoms with Crippen molar-refractivity contribution >= 4 is 0 Å². The van der Waals surface area contributed by atoms with Crippen LogP contribution in [0.2, 0.25) is 0 Å². The summed E-state index contributed by atoms with van der Waals surface area (Å²) < 4.78 is 5.12. The van der Waals surface area contributed by atoms with Gasteiger partial charge in [-0.1, -0.05) is 12.1 Å². The summed E-state index contributed by atoms with van der Waals surface area (Å²) in [6.07, 6.45) is 1.77. The van der Waals surface area contributed by atoms with E-state index in [9.17, 15) is 5.11 Å². The maximum atomic E-state index is 9.91. The van der Waals surface area contributed by atoms with Crippen LogP contribution in [0.4, 0.5) is 0 Å². The van der Waals surface area contributed by atoms with E-state index in [0.717, 1.165) is 24.2 Å². The van der Waals surface area contributed by atoms with Gasteiger partial charge in [0.2, 0.25) is 0 Å². The van der Waals surface area contributed by atoms with Gasteiger partial charge in [-0.2, -0.15) is 0 Å². The number of rotatable bonds is 4. The van der Waals surface area contributed by atoms with Gasteiger partial charge < -0.3 is 15.6 Å². The Hall–Kier alpha value is -1.06. The van der Waals surface area contributed by atoms with Gasteiger partial charge in [0.05, 0.1) is 19.3 Å². The van der Waals surface area contributed by atoms with Crippen LogP contribution < -0.4 is 10.5 Å². The fourth-order valence-corrected chi connectivity index (χ4v) is 1.78. The summed E-state index contributed by atoms with van der Waals surface area (Å²) in [7, 11) is 1.63. The summed E-state index contributed by atoms with van der Waals surface area (Å²) in [6, 6.07) is 7.29. The Morgan fingerprint density at radius 2 is 2.20 bits per heavy atom. The molecule has 1 aromatic rings. The minimum atomic E-state index is -0.419. The predicted octanol–water partition coefficient (Wildman–Crippen LogP) is 1.47. The quantitative estimate of drug-likeness (QED) is 0.786. The number of nitrogens with two attached hydrogens (primary N) is 1. The average molecular weight is 207 g/mol. The lowest BCUT2D eigenvalue weighted by molar-refractivity contribution is 0.122. The Bertz CT molecular complexity index is 336. The average Bonchev–Trinajstić information content (AvgIpc) is 3.11. The molecule has 3 heteroatoms. The molecule has 0 heterocycles. The van der Waals surface area contributed by atoms with Gasteiger partial charge in [-0.25, -0.2) is 0 Å². The van der Waals surface area contributed by atoms with Crippen molar-refractivity contribution < 1.29 is 9.84 Å². The third-order valence-corrected chi connectivity index (χ3v) is 2.95. The van der Waals surface area contributed by atoms with Crippen LogP contribution in [0.5, 0.6) is 5.75 Å². The molecule has 0 amide bonds. The molecule has 1 saturated carbocycles. The van der Waals surface area contributed by atoms with Gasteiger partial charge in [0.15, 0.2) is 0 Å². The van der Waals surface area contributed by atoms with Gasteiger partial charge >= 0.3 is 0 Å². The zero-order valence-electron chi connectivity index (χ0n) is 8.89. The zero-order valence-corrected chi connectivity index (χ0v) is 8.89. The SMILES string of the molecule is COc1cccc([C@H](N)[C@H](O)C2CC2)c1. The van der Waals surface area contributed by atoms with E-state index < -0.39 is 6.10 Å². The van der Waals surface area contributed by atoms with Gasteiger partial charge in [0.25, 0.3) is 0 Å². The second kappa shape index (κ2) is 4.21. The van der Waals surface area contributed by atoms with Crippen molar-refractivity contribution in [3.63, 3.8) is 0 Å². The molecule has 0 aliphatic heterocycles. The highest BCUT2D eigenvalue weighted by atomic mass is 16.5. The standard InChI is InChI=1S/C12H17NO2/c1-15-10-4-2-3-9(7-10)11(13)12(14)8-5-6-8/h2-4,7-8,11-12,14H,5-6,13H2,1H3/t11-,12+/m0/s1. The zero-order chi connectivity index (χ0) is 10.8. The van der Waals surface area contributed by atoms with E-state index in [2.05, 4.69) is 0 Å². The van der Waals surface area contributed by atoms with Crippen LogP contribution in [-0.4, -0.2) is 18.3 Å². The summed E-state index contributed by atoms with van der Waals surface area (Å²) >= 11 is 0. The van der Waals surface area contributed by atoms with Crippen LogP contribution in [0, 0.1) is 5.92 Å². The minimum Gasteiger partial charge on any atom is -0.497 e. The van der Waals surface area contributed by atoms with E-state index in [4.69, 9.17) is 10.5 Å². The van der Waals surface area contributed by atoms with Crippen LogP contribution in [0.3, 0.4) is 0 Å². The predicted molar refractivity (Wildman–Crippen MR) is 58.7 cm³/mol. The van der Waals surface area contributed by atoms with Crippen LogP contribution in [0.25, 0.3) is 0 Å². The molecular formula is C12H17NO2. The molecule has 0 saturated heterocycles. The van der Waals surface area contributed by atoms with Crippen molar-refractivity contribution in [2.45, 2.75) is 25.0 Å². The minimum absolute atomic E-state index is 0.299. The molecule has 0 unspecified atom stereocenters. The molecule has 0 radical (unpaired) electrons. The summed E-state index contributed by atoms with van der Waals surface area (Å²) in [5, 5.41) is 9.91. The summed E-state index contributed by atoms with van der Waals surface area (Å²) in [6.45, 7) is 0. The van der Waals surface area contributed by atoms with Crippen molar-refractivity contribution in [2.75, 3.05) is 7.11 Å². The molecule has 1 fully saturated rings. The first-order valence-corrected chi connectivity index (χ1v) is 5.30. The molecule has 3 nitrogen and oxygen atoms in total. The van der Waals surface area contributed by atoms with Gasteiger partial charge in [0, 0.05) is 0 Å². The fourth-order valence-electron chi connectivity index (χ4n) is 1.78. The molecule has 15 heavy (non-hydrogen) atoms. The topological polar surface area (TPSA) is 55.5 Å². The van der Waals surface area contributed by atoms with Crippen molar-refractivity contribution in [1.29, 1.82) is 0 Å². The molecule has 2 rings (SSSR count). The number of benzene rings is 1. The van der Waals surface area contributed by atoms with Crippen LogP contribution in [0.1, 0.15) is 24.4 Å². The first-order chi connectivity index (χ1) is 7.22. The number of hydrogen-bond acceptors (Lipinski definition) is 3. The van der Waals surface area contributed by atoms with E-state index in [-0.39, 0.29) is 6.04 Å². The van der Waals surface area contributed by atoms with Crippen LogP contribution in [-0.2, 0) is 0 Å². The number of ether oxygens (including phenoxy) is 1. The first kappa shape index (κ1) is 10.5. The Morgan fingerprint density at radius 3 is 2.80 bits per heavy atom. The number of aliphatic hydroxyl groups excluding tert-OH is 1. The fraction of sp³-hybridized carbons (Fsp3) is 0.500. The summed E-state index contributed by atoms with van der Waals surface area (Å²) in [4.78, 5) is 0. The van der Waals surface area contributed by atoms with E-state index in [0.29, 0.717) is 5.92 Å². The highest BCUT2D eigenvalue weighted by molar-refractivity contribution is 5.31. The maximum Gasteiger partial charge on any atom is 0.119 e.